The zero-order valence-electron chi connectivity index (χ0n) is 21.6. The molecule has 1 unspecified atom stereocenters. The third kappa shape index (κ3) is 4.31. The molecule has 0 bridgehead atoms. The number of hydrogen-bond donors (Lipinski definition) is 1. The van der Waals surface area contributed by atoms with Gasteiger partial charge in [0, 0.05) is 31.0 Å². The Hall–Kier alpha value is -4.26. The van der Waals surface area contributed by atoms with E-state index in [1.165, 1.54) is 4.90 Å². The van der Waals surface area contributed by atoms with Gasteiger partial charge in [-0.1, -0.05) is 45.0 Å². The molecule has 3 aromatic carbocycles. The number of amides is 1. The Bertz CT molecular complexity index is 1400. The minimum absolute atomic E-state index is 0.0315. The van der Waals surface area contributed by atoms with E-state index >= 15 is 0 Å². The maximum Gasteiger partial charge on any atom is 0.300 e. The molecule has 1 amide bonds. The summed E-state index contributed by atoms with van der Waals surface area (Å²) in [5.41, 5.74) is 3.74. The molecule has 2 heterocycles. The van der Waals surface area contributed by atoms with Crippen molar-refractivity contribution in [1.82, 2.24) is 0 Å². The van der Waals surface area contributed by atoms with Crippen LogP contribution in [0.1, 0.15) is 43.5 Å². The van der Waals surface area contributed by atoms with Gasteiger partial charge in [-0.15, -0.1) is 0 Å². The molecule has 1 atom stereocenters. The molecule has 0 saturated carbocycles. The molecule has 1 saturated heterocycles. The predicted molar refractivity (Wildman–Crippen MR) is 143 cm³/mol. The first-order chi connectivity index (χ1) is 17.6. The highest BCUT2D eigenvalue weighted by Gasteiger charge is 2.47. The lowest BCUT2D eigenvalue weighted by Crippen LogP contribution is -2.29. The van der Waals surface area contributed by atoms with E-state index in [0.717, 1.165) is 16.8 Å². The highest BCUT2D eigenvalue weighted by atomic mass is 16.7. The van der Waals surface area contributed by atoms with Crippen LogP contribution >= 0.6 is 0 Å². The number of aliphatic hydroxyl groups is 1. The van der Waals surface area contributed by atoms with E-state index in [0.29, 0.717) is 22.7 Å². The Morgan fingerprint density at radius 1 is 0.919 bits per heavy atom. The summed E-state index contributed by atoms with van der Waals surface area (Å²) < 4.78 is 10.8. The molecule has 1 fully saturated rings. The molecule has 3 aromatic rings. The summed E-state index contributed by atoms with van der Waals surface area (Å²) in [7, 11) is 3.87. The zero-order valence-corrected chi connectivity index (χ0v) is 21.6. The van der Waals surface area contributed by atoms with Crippen LogP contribution in [-0.4, -0.2) is 37.7 Å². The van der Waals surface area contributed by atoms with Crippen molar-refractivity contribution in [3.63, 3.8) is 0 Å². The number of fused-ring (bicyclic) bond motifs is 1. The van der Waals surface area contributed by atoms with Gasteiger partial charge in [0.05, 0.1) is 11.6 Å². The fraction of sp³-hybridized carbons (Fsp3) is 0.267. The third-order valence-electron chi connectivity index (χ3n) is 6.83. The van der Waals surface area contributed by atoms with Crippen molar-refractivity contribution in [2.24, 2.45) is 0 Å². The number of aliphatic hydroxyl groups excluding tert-OH is 1. The maximum absolute atomic E-state index is 13.4. The maximum atomic E-state index is 13.4. The highest BCUT2D eigenvalue weighted by Crippen LogP contribution is 2.44. The van der Waals surface area contributed by atoms with Gasteiger partial charge in [-0.3, -0.25) is 14.5 Å². The van der Waals surface area contributed by atoms with Crippen LogP contribution in [0.25, 0.3) is 5.76 Å². The van der Waals surface area contributed by atoms with Crippen molar-refractivity contribution >= 4 is 28.8 Å². The van der Waals surface area contributed by atoms with Crippen LogP contribution < -0.4 is 19.3 Å². The molecule has 0 spiro atoms. The Balaban J connectivity index is 1.67. The van der Waals surface area contributed by atoms with Gasteiger partial charge in [0.1, 0.15) is 5.76 Å². The van der Waals surface area contributed by atoms with Gasteiger partial charge in [-0.2, -0.15) is 0 Å². The summed E-state index contributed by atoms with van der Waals surface area (Å²) in [4.78, 5) is 30.3. The Kier molecular flexibility index (Phi) is 5.94. The van der Waals surface area contributed by atoms with E-state index < -0.39 is 17.7 Å². The lowest BCUT2D eigenvalue weighted by atomic mass is 9.85. The number of benzene rings is 3. The molecular weight excluding hydrogens is 468 g/mol. The van der Waals surface area contributed by atoms with E-state index in [2.05, 4.69) is 20.8 Å². The molecule has 7 nitrogen and oxygen atoms in total. The quantitative estimate of drug-likeness (QED) is 0.295. The van der Waals surface area contributed by atoms with E-state index in [9.17, 15) is 14.7 Å². The number of ketones is 1. The van der Waals surface area contributed by atoms with Crippen molar-refractivity contribution in [3.05, 3.63) is 89.0 Å². The van der Waals surface area contributed by atoms with Gasteiger partial charge in [-0.05, 0) is 59.0 Å². The van der Waals surface area contributed by atoms with Crippen molar-refractivity contribution in [1.29, 1.82) is 0 Å². The first-order valence-electron chi connectivity index (χ1n) is 12.1. The number of ether oxygens (including phenoxy) is 2. The summed E-state index contributed by atoms with van der Waals surface area (Å²) in [6.07, 6.45) is 0. The topological polar surface area (TPSA) is 79.3 Å². The van der Waals surface area contributed by atoms with E-state index in [4.69, 9.17) is 9.47 Å². The molecule has 0 radical (unpaired) electrons. The van der Waals surface area contributed by atoms with Gasteiger partial charge in [0.15, 0.2) is 11.5 Å². The first kappa shape index (κ1) is 24.4. The molecule has 2 aliphatic rings. The smallest absolute Gasteiger partial charge is 0.300 e. The van der Waals surface area contributed by atoms with Crippen molar-refractivity contribution in [2.75, 3.05) is 30.7 Å². The van der Waals surface area contributed by atoms with Crippen molar-refractivity contribution < 1.29 is 24.2 Å². The van der Waals surface area contributed by atoms with Crippen LogP contribution in [0.4, 0.5) is 11.4 Å². The number of nitrogens with zero attached hydrogens (tertiary/aromatic N) is 2. The number of Topliss-reactive ketones (excluding diaryl/α,β-unsaturated/α-hetero) is 1. The average molecular weight is 499 g/mol. The summed E-state index contributed by atoms with van der Waals surface area (Å²) in [5.74, 6) is -0.647. The van der Waals surface area contributed by atoms with Gasteiger partial charge >= 0.3 is 0 Å². The standard InChI is InChI=1S/C30H30N2O5/c1-30(2,3)20-9-6-18(7-10-20)26-25(27(33)19-8-15-23-24(16-19)37-17-36-23)28(34)29(35)32(26)22-13-11-21(12-14-22)31(4)5/h6-16,26,33H,17H2,1-5H3/b27-25-. The molecule has 190 valence electrons. The summed E-state index contributed by atoms with van der Waals surface area (Å²) in [6, 6.07) is 19.4. The van der Waals surface area contributed by atoms with Crippen LogP contribution in [-0.2, 0) is 15.0 Å². The zero-order chi connectivity index (χ0) is 26.5. The number of anilines is 2. The van der Waals surface area contributed by atoms with Crippen molar-refractivity contribution in [2.45, 2.75) is 32.2 Å². The summed E-state index contributed by atoms with van der Waals surface area (Å²) in [6.45, 7) is 6.47. The first-order valence-corrected chi connectivity index (χ1v) is 12.1. The SMILES string of the molecule is CN(C)c1ccc(N2C(=O)C(=O)/C(=C(\O)c3ccc4c(c3)OCO4)C2c2ccc(C(C)(C)C)cc2)cc1. The molecule has 37 heavy (non-hydrogen) atoms. The number of rotatable bonds is 4. The minimum atomic E-state index is -0.801. The monoisotopic (exact) mass is 498 g/mol. The average Bonchev–Trinajstić information content (AvgIpc) is 3.45. The Labute approximate surface area is 216 Å². The van der Waals surface area contributed by atoms with Crippen LogP contribution in [0.3, 0.4) is 0 Å². The second-order valence-electron chi connectivity index (χ2n) is 10.5. The van der Waals surface area contributed by atoms with Crippen LogP contribution in [0, 0.1) is 0 Å². The van der Waals surface area contributed by atoms with Gasteiger partial charge in [0.25, 0.3) is 11.7 Å². The minimum Gasteiger partial charge on any atom is -0.507 e. The van der Waals surface area contributed by atoms with Crippen LogP contribution in [0.15, 0.2) is 72.3 Å². The number of hydrogen-bond acceptors (Lipinski definition) is 6. The second kappa shape index (κ2) is 9.00. The third-order valence-corrected chi connectivity index (χ3v) is 6.83. The molecule has 5 rings (SSSR count). The largest absolute Gasteiger partial charge is 0.507 e. The number of carbonyl (C=O) groups is 2. The molecule has 0 aromatic heterocycles. The second-order valence-corrected chi connectivity index (χ2v) is 10.5. The van der Waals surface area contributed by atoms with E-state index in [-0.39, 0.29) is 23.5 Å². The van der Waals surface area contributed by atoms with Gasteiger partial charge in [0.2, 0.25) is 6.79 Å². The molecule has 0 aliphatic carbocycles. The lowest BCUT2D eigenvalue weighted by Gasteiger charge is -2.27. The highest BCUT2D eigenvalue weighted by molar-refractivity contribution is 6.51. The molecule has 2 aliphatic heterocycles. The van der Waals surface area contributed by atoms with Gasteiger partial charge in [-0.25, -0.2) is 0 Å². The molecule has 1 N–H and O–H groups in total. The summed E-state index contributed by atoms with van der Waals surface area (Å²) >= 11 is 0. The van der Waals surface area contributed by atoms with Crippen LogP contribution in [0.2, 0.25) is 0 Å². The molecular formula is C30H30N2O5. The Morgan fingerprint density at radius 3 is 2.19 bits per heavy atom. The fourth-order valence-electron chi connectivity index (χ4n) is 4.69. The fourth-order valence-corrected chi connectivity index (χ4v) is 4.69. The predicted octanol–water partition coefficient (Wildman–Crippen LogP) is 5.41. The molecule has 7 heteroatoms. The van der Waals surface area contributed by atoms with E-state index in [1.807, 2.05) is 67.5 Å². The van der Waals surface area contributed by atoms with E-state index in [1.54, 1.807) is 18.2 Å². The normalized spacial score (nSPS) is 18.4. The summed E-state index contributed by atoms with van der Waals surface area (Å²) in [5, 5.41) is 11.4. The lowest BCUT2D eigenvalue weighted by molar-refractivity contribution is -0.132. The van der Waals surface area contributed by atoms with Crippen molar-refractivity contribution in [3.8, 4) is 11.5 Å². The van der Waals surface area contributed by atoms with Crippen LogP contribution in [0.5, 0.6) is 11.5 Å². The Morgan fingerprint density at radius 2 is 1.57 bits per heavy atom. The number of carbonyl (C=O) groups excluding carboxylic acids is 2. The van der Waals surface area contributed by atoms with Gasteiger partial charge < -0.3 is 19.5 Å².